The summed E-state index contributed by atoms with van der Waals surface area (Å²) in [6.07, 6.45) is 1.21. The first-order valence-corrected chi connectivity index (χ1v) is 7.26. The molecule has 17 heavy (non-hydrogen) atoms. The third-order valence-electron chi connectivity index (χ3n) is 3.54. The highest BCUT2D eigenvalue weighted by atomic mass is 32.2. The van der Waals surface area contributed by atoms with E-state index < -0.39 is 0 Å². The van der Waals surface area contributed by atoms with E-state index >= 15 is 0 Å². The molecular weight excluding hydrogens is 233 g/mol. The van der Waals surface area contributed by atoms with Crippen LogP contribution in [0, 0.1) is 12.7 Å². The maximum absolute atomic E-state index is 13.5. The van der Waals surface area contributed by atoms with Gasteiger partial charge in [-0.15, -0.1) is 0 Å². The zero-order valence-electron chi connectivity index (χ0n) is 10.7. The Hall–Kier alpha value is -0.540. The Bertz CT molecular complexity index is 394. The second-order valence-electron chi connectivity index (χ2n) is 4.87. The molecule has 1 aromatic carbocycles. The minimum Gasteiger partial charge on any atom is -0.306 e. The number of nitrogens with one attached hydrogen (secondary N) is 1. The molecule has 3 unspecified atom stereocenters. The van der Waals surface area contributed by atoms with Gasteiger partial charge >= 0.3 is 0 Å². The highest BCUT2D eigenvalue weighted by Crippen LogP contribution is 2.28. The van der Waals surface area contributed by atoms with Crippen molar-refractivity contribution in [2.24, 2.45) is 0 Å². The Morgan fingerprint density at radius 1 is 1.47 bits per heavy atom. The molecule has 0 bridgehead atoms. The largest absolute Gasteiger partial charge is 0.306 e. The van der Waals surface area contributed by atoms with Crippen molar-refractivity contribution in [3.63, 3.8) is 0 Å². The summed E-state index contributed by atoms with van der Waals surface area (Å²) in [5.74, 6) is 1.12. The van der Waals surface area contributed by atoms with E-state index in [0.29, 0.717) is 16.9 Å². The number of benzene rings is 1. The fourth-order valence-corrected chi connectivity index (χ4v) is 3.46. The van der Waals surface area contributed by atoms with Gasteiger partial charge in [-0.2, -0.15) is 11.8 Å². The number of rotatable bonds is 3. The van der Waals surface area contributed by atoms with Crippen LogP contribution in [0.25, 0.3) is 0 Å². The van der Waals surface area contributed by atoms with Crippen LogP contribution in [0.5, 0.6) is 0 Å². The number of aryl methyl sites for hydroxylation is 1. The van der Waals surface area contributed by atoms with Crippen LogP contribution in [0.4, 0.5) is 4.39 Å². The summed E-state index contributed by atoms with van der Waals surface area (Å²) < 4.78 is 13.5. The Labute approximate surface area is 107 Å². The van der Waals surface area contributed by atoms with Crippen LogP contribution >= 0.6 is 11.8 Å². The highest BCUT2D eigenvalue weighted by Gasteiger charge is 2.25. The van der Waals surface area contributed by atoms with Crippen LogP contribution < -0.4 is 5.32 Å². The number of hydrogen-bond donors (Lipinski definition) is 1. The van der Waals surface area contributed by atoms with Gasteiger partial charge in [-0.05, 0) is 43.2 Å². The number of hydrogen-bond acceptors (Lipinski definition) is 2. The molecule has 0 spiro atoms. The van der Waals surface area contributed by atoms with Crippen LogP contribution in [0.3, 0.4) is 0 Å². The lowest BCUT2D eigenvalue weighted by atomic mass is 10.0. The molecule has 3 heteroatoms. The lowest BCUT2D eigenvalue weighted by Gasteiger charge is -2.22. The van der Waals surface area contributed by atoms with Crippen molar-refractivity contribution in [2.45, 2.75) is 44.5 Å². The van der Waals surface area contributed by atoms with Crippen molar-refractivity contribution < 1.29 is 4.39 Å². The van der Waals surface area contributed by atoms with E-state index in [0.717, 1.165) is 5.56 Å². The Balaban J connectivity index is 2.03. The van der Waals surface area contributed by atoms with E-state index in [9.17, 15) is 4.39 Å². The second-order valence-corrected chi connectivity index (χ2v) is 6.35. The molecule has 94 valence electrons. The highest BCUT2D eigenvalue weighted by molar-refractivity contribution is 8.00. The second kappa shape index (κ2) is 5.40. The molecule has 3 atom stereocenters. The van der Waals surface area contributed by atoms with Gasteiger partial charge in [0, 0.05) is 17.3 Å². The molecule has 0 amide bonds. The van der Waals surface area contributed by atoms with Crippen molar-refractivity contribution in [1.82, 2.24) is 5.32 Å². The van der Waals surface area contributed by atoms with Crippen molar-refractivity contribution in [3.05, 3.63) is 35.1 Å². The molecule has 1 heterocycles. The van der Waals surface area contributed by atoms with Gasteiger partial charge in [0.25, 0.3) is 0 Å². The van der Waals surface area contributed by atoms with Crippen LogP contribution in [0.2, 0.25) is 0 Å². The summed E-state index contributed by atoms with van der Waals surface area (Å²) in [6.45, 7) is 6.17. The summed E-state index contributed by atoms with van der Waals surface area (Å²) in [6, 6.07) is 6.30. The van der Waals surface area contributed by atoms with Gasteiger partial charge in [-0.1, -0.05) is 19.1 Å². The predicted molar refractivity (Wildman–Crippen MR) is 73.0 cm³/mol. The smallest absolute Gasteiger partial charge is 0.126 e. The monoisotopic (exact) mass is 253 g/mol. The van der Waals surface area contributed by atoms with E-state index in [-0.39, 0.29) is 11.9 Å². The zero-order valence-corrected chi connectivity index (χ0v) is 11.5. The van der Waals surface area contributed by atoms with Gasteiger partial charge in [0.05, 0.1) is 0 Å². The first-order valence-electron chi connectivity index (χ1n) is 6.21. The zero-order chi connectivity index (χ0) is 12.4. The molecule has 0 radical (unpaired) electrons. The molecule has 0 saturated carbocycles. The third kappa shape index (κ3) is 3.02. The van der Waals surface area contributed by atoms with E-state index in [4.69, 9.17) is 0 Å². The third-order valence-corrected chi connectivity index (χ3v) is 4.86. The summed E-state index contributed by atoms with van der Waals surface area (Å²) in [4.78, 5) is 0. The van der Waals surface area contributed by atoms with E-state index in [2.05, 4.69) is 19.2 Å². The van der Waals surface area contributed by atoms with Crippen LogP contribution in [-0.2, 0) is 0 Å². The van der Waals surface area contributed by atoms with Crippen LogP contribution in [0.1, 0.15) is 37.4 Å². The van der Waals surface area contributed by atoms with Crippen molar-refractivity contribution >= 4 is 11.8 Å². The molecule has 1 aliphatic heterocycles. The van der Waals surface area contributed by atoms with Gasteiger partial charge in [0.15, 0.2) is 0 Å². The van der Waals surface area contributed by atoms with Gasteiger partial charge in [0.2, 0.25) is 0 Å². The van der Waals surface area contributed by atoms with Gasteiger partial charge < -0.3 is 5.32 Å². The molecular formula is C14H20FNS. The predicted octanol–water partition coefficient (Wildman–Crippen LogP) is 3.68. The van der Waals surface area contributed by atoms with E-state index in [1.165, 1.54) is 12.2 Å². The van der Waals surface area contributed by atoms with E-state index in [1.807, 2.05) is 23.9 Å². The topological polar surface area (TPSA) is 12.0 Å². The lowest BCUT2D eigenvalue weighted by Crippen LogP contribution is -2.35. The molecule has 1 aromatic rings. The Kier molecular flexibility index (Phi) is 4.10. The summed E-state index contributed by atoms with van der Waals surface area (Å²) in [7, 11) is 0. The Morgan fingerprint density at radius 3 is 2.82 bits per heavy atom. The Morgan fingerprint density at radius 2 is 2.24 bits per heavy atom. The molecule has 1 N–H and O–H groups in total. The van der Waals surface area contributed by atoms with Gasteiger partial charge in [-0.3, -0.25) is 0 Å². The minimum absolute atomic E-state index is 0.106. The van der Waals surface area contributed by atoms with Crippen molar-refractivity contribution in [3.8, 4) is 0 Å². The molecule has 0 aliphatic carbocycles. The molecule has 1 aliphatic rings. The minimum atomic E-state index is -0.106. The SMILES string of the molecule is Cc1ccc(C(C)NC2CCSC2C)cc1F. The first-order chi connectivity index (χ1) is 8.08. The van der Waals surface area contributed by atoms with Gasteiger partial charge in [0.1, 0.15) is 5.82 Å². The molecule has 1 fully saturated rings. The average molecular weight is 253 g/mol. The van der Waals surface area contributed by atoms with Gasteiger partial charge in [-0.25, -0.2) is 4.39 Å². The molecule has 1 saturated heterocycles. The number of thioether (sulfide) groups is 1. The molecule has 1 nitrogen and oxygen atoms in total. The van der Waals surface area contributed by atoms with Crippen molar-refractivity contribution in [1.29, 1.82) is 0 Å². The quantitative estimate of drug-likeness (QED) is 0.882. The standard InChI is InChI=1S/C14H20FNS/c1-9-4-5-12(8-13(9)15)10(2)16-14-6-7-17-11(14)3/h4-5,8,10-11,14,16H,6-7H2,1-3H3. The molecule has 0 aromatic heterocycles. The average Bonchev–Trinajstić information content (AvgIpc) is 2.68. The fraction of sp³-hybridized carbons (Fsp3) is 0.571. The fourth-order valence-electron chi connectivity index (χ4n) is 2.25. The maximum Gasteiger partial charge on any atom is 0.126 e. The lowest BCUT2D eigenvalue weighted by molar-refractivity contribution is 0.452. The number of halogens is 1. The van der Waals surface area contributed by atoms with Crippen LogP contribution in [-0.4, -0.2) is 17.0 Å². The van der Waals surface area contributed by atoms with Crippen LogP contribution in [0.15, 0.2) is 18.2 Å². The normalized spacial score (nSPS) is 26.1. The molecule has 2 rings (SSSR count). The summed E-state index contributed by atoms with van der Waals surface area (Å²) >= 11 is 2.01. The van der Waals surface area contributed by atoms with Crippen molar-refractivity contribution in [2.75, 3.05) is 5.75 Å². The first kappa shape index (κ1) is 12.9. The maximum atomic E-state index is 13.5. The summed E-state index contributed by atoms with van der Waals surface area (Å²) in [5.41, 5.74) is 1.75. The van der Waals surface area contributed by atoms with E-state index in [1.54, 1.807) is 13.0 Å². The summed E-state index contributed by atoms with van der Waals surface area (Å²) in [5, 5.41) is 4.26.